The van der Waals surface area contributed by atoms with Gasteiger partial charge in [0.25, 0.3) is 0 Å². The van der Waals surface area contributed by atoms with Crippen molar-refractivity contribution in [2.45, 2.75) is 26.7 Å². The van der Waals surface area contributed by atoms with E-state index in [4.69, 9.17) is 0 Å². The predicted molar refractivity (Wildman–Crippen MR) is 81.2 cm³/mol. The fraction of sp³-hybridized carbons (Fsp3) is 0.600. The van der Waals surface area contributed by atoms with Gasteiger partial charge in [-0.2, -0.15) is 4.98 Å². The lowest BCUT2D eigenvalue weighted by Crippen LogP contribution is -2.38. The zero-order valence-corrected chi connectivity index (χ0v) is 12.3. The largest absolute Gasteiger partial charge is 0.339 e. The molecule has 5 heteroatoms. The predicted octanol–water partition coefficient (Wildman–Crippen LogP) is 1.86. The summed E-state index contributed by atoms with van der Waals surface area (Å²) in [5.74, 6) is 1.56. The number of hydrogen-bond acceptors (Lipinski definition) is 4. The van der Waals surface area contributed by atoms with Crippen molar-refractivity contribution in [2.24, 2.45) is 5.92 Å². The Kier molecular flexibility index (Phi) is 3.87. The van der Waals surface area contributed by atoms with Gasteiger partial charge in [0.2, 0.25) is 5.95 Å². The Hall–Kier alpha value is -1.62. The molecule has 0 saturated carbocycles. The number of nitrogens with one attached hydrogen (secondary N) is 1. The van der Waals surface area contributed by atoms with E-state index in [-0.39, 0.29) is 0 Å². The standard InChI is InChI=1S/C15H23N5/c1-3-19(11-13-5-4-8-16-9-13)15-17-14-7-6-12(2)10-20(14)18-15/h6-7,10,13,16H,3-5,8-9,11H2,1-2H3. The summed E-state index contributed by atoms with van der Waals surface area (Å²) in [5, 5.41) is 8.10. The van der Waals surface area contributed by atoms with Crippen molar-refractivity contribution >= 4 is 11.6 Å². The van der Waals surface area contributed by atoms with E-state index in [1.54, 1.807) is 0 Å². The third kappa shape index (κ3) is 2.77. The van der Waals surface area contributed by atoms with E-state index in [0.717, 1.165) is 37.8 Å². The molecule has 3 rings (SSSR count). The molecule has 0 aliphatic carbocycles. The number of rotatable bonds is 4. The van der Waals surface area contributed by atoms with E-state index in [9.17, 15) is 0 Å². The van der Waals surface area contributed by atoms with E-state index in [0.29, 0.717) is 5.92 Å². The summed E-state index contributed by atoms with van der Waals surface area (Å²) in [4.78, 5) is 6.94. The first-order chi connectivity index (χ1) is 9.76. The molecule has 5 nitrogen and oxygen atoms in total. The Bertz CT molecular complexity index is 571. The molecule has 1 atom stereocenters. The third-order valence-electron chi connectivity index (χ3n) is 4.01. The lowest BCUT2D eigenvalue weighted by Gasteiger charge is -2.28. The van der Waals surface area contributed by atoms with Crippen LogP contribution in [0.25, 0.3) is 5.65 Å². The molecule has 20 heavy (non-hydrogen) atoms. The van der Waals surface area contributed by atoms with Crippen LogP contribution < -0.4 is 10.2 Å². The summed E-state index contributed by atoms with van der Waals surface area (Å²) in [6.45, 7) is 8.52. The van der Waals surface area contributed by atoms with Crippen molar-refractivity contribution < 1.29 is 0 Å². The summed E-state index contributed by atoms with van der Waals surface area (Å²) in [6.07, 6.45) is 4.61. The fourth-order valence-electron chi connectivity index (χ4n) is 2.85. The monoisotopic (exact) mass is 273 g/mol. The van der Waals surface area contributed by atoms with Gasteiger partial charge in [-0.1, -0.05) is 6.07 Å². The normalized spacial score (nSPS) is 19.4. The first kappa shape index (κ1) is 13.4. The van der Waals surface area contributed by atoms with Gasteiger partial charge in [0.1, 0.15) is 0 Å². The highest BCUT2D eigenvalue weighted by molar-refractivity contribution is 5.45. The second-order valence-corrected chi connectivity index (χ2v) is 5.67. The number of fused-ring (bicyclic) bond motifs is 1. The Balaban J connectivity index is 1.79. The van der Waals surface area contributed by atoms with Crippen molar-refractivity contribution in [1.82, 2.24) is 19.9 Å². The average molecular weight is 273 g/mol. The van der Waals surface area contributed by atoms with Crippen LogP contribution in [0.5, 0.6) is 0 Å². The minimum absolute atomic E-state index is 0.706. The fourth-order valence-corrected chi connectivity index (χ4v) is 2.85. The molecule has 1 fully saturated rings. The van der Waals surface area contributed by atoms with Crippen LogP contribution in [0.4, 0.5) is 5.95 Å². The van der Waals surface area contributed by atoms with Crippen molar-refractivity contribution in [3.05, 3.63) is 23.9 Å². The summed E-state index contributed by atoms with van der Waals surface area (Å²) in [5.41, 5.74) is 2.12. The van der Waals surface area contributed by atoms with Crippen LogP contribution in [0.2, 0.25) is 0 Å². The molecule has 1 unspecified atom stereocenters. The first-order valence-corrected chi connectivity index (χ1v) is 7.55. The van der Waals surface area contributed by atoms with Crippen LogP contribution in [0, 0.1) is 12.8 Å². The number of piperidine rings is 1. The zero-order valence-electron chi connectivity index (χ0n) is 12.3. The van der Waals surface area contributed by atoms with E-state index in [1.165, 1.54) is 18.4 Å². The first-order valence-electron chi connectivity index (χ1n) is 7.55. The summed E-state index contributed by atoms with van der Waals surface area (Å²) in [6, 6.07) is 4.11. The molecule has 3 heterocycles. The molecule has 0 radical (unpaired) electrons. The second kappa shape index (κ2) is 5.79. The maximum Gasteiger partial charge on any atom is 0.245 e. The topological polar surface area (TPSA) is 45.5 Å². The maximum absolute atomic E-state index is 4.65. The molecule has 2 aromatic rings. The van der Waals surface area contributed by atoms with Gasteiger partial charge < -0.3 is 10.2 Å². The van der Waals surface area contributed by atoms with Gasteiger partial charge >= 0.3 is 0 Å². The molecule has 0 aromatic carbocycles. The maximum atomic E-state index is 4.65. The molecule has 1 saturated heterocycles. The van der Waals surface area contributed by atoms with E-state index in [2.05, 4.69) is 40.2 Å². The van der Waals surface area contributed by atoms with Gasteiger partial charge in [0.05, 0.1) is 0 Å². The summed E-state index contributed by atoms with van der Waals surface area (Å²) < 4.78 is 1.88. The van der Waals surface area contributed by atoms with Gasteiger partial charge in [0.15, 0.2) is 5.65 Å². The molecule has 1 N–H and O–H groups in total. The minimum Gasteiger partial charge on any atom is -0.339 e. The van der Waals surface area contributed by atoms with Crippen LogP contribution in [-0.4, -0.2) is 40.8 Å². The van der Waals surface area contributed by atoms with Crippen LogP contribution in [-0.2, 0) is 0 Å². The van der Waals surface area contributed by atoms with Gasteiger partial charge in [-0.3, -0.25) is 0 Å². The highest BCUT2D eigenvalue weighted by Crippen LogP contribution is 2.17. The average Bonchev–Trinajstić information content (AvgIpc) is 2.88. The summed E-state index contributed by atoms with van der Waals surface area (Å²) >= 11 is 0. The Morgan fingerprint density at radius 2 is 2.35 bits per heavy atom. The molecule has 108 valence electrons. The molecule has 0 spiro atoms. The molecular weight excluding hydrogens is 250 g/mol. The SMILES string of the molecule is CCN(CC1CCCNC1)c1nc2ccc(C)cn2n1. The number of nitrogens with zero attached hydrogens (tertiary/aromatic N) is 4. The molecule has 1 aliphatic rings. The highest BCUT2D eigenvalue weighted by atomic mass is 15.4. The minimum atomic E-state index is 0.706. The van der Waals surface area contributed by atoms with E-state index >= 15 is 0 Å². The van der Waals surface area contributed by atoms with Gasteiger partial charge in [-0.25, -0.2) is 4.52 Å². The number of anilines is 1. The second-order valence-electron chi connectivity index (χ2n) is 5.67. The van der Waals surface area contributed by atoms with Crippen LogP contribution >= 0.6 is 0 Å². The lowest BCUT2D eigenvalue weighted by atomic mass is 9.99. The zero-order chi connectivity index (χ0) is 13.9. The highest BCUT2D eigenvalue weighted by Gasteiger charge is 2.19. The van der Waals surface area contributed by atoms with Gasteiger partial charge in [-0.05, 0) is 57.3 Å². The van der Waals surface area contributed by atoms with Gasteiger partial charge in [0, 0.05) is 19.3 Å². The van der Waals surface area contributed by atoms with Crippen molar-refractivity contribution in [3.8, 4) is 0 Å². The quantitative estimate of drug-likeness (QED) is 0.923. The van der Waals surface area contributed by atoms with Crippen LogP contribution in [0.3, 0.4) is 0 Å². The van der Waals surface area contributed by atoms with Crippen molar-refractivity contribution in [2.75, 3.05) is 31.1 Å². The van der Waals surface area contributed by atoms with E-state index < -0.39 is 0 Å². The molecule has 1 aliphatic heterocycles. The third-order valence-corrected chi connectivity index (χ3v) is 4.01. The Labute approximate surface area is 120 Å². The number of aryl methyl sites for hydroxylation is 1. The smallest absolute Gasteiger partial charge is 0.245 e. The van der Waals surface area contributed by atoms with Crippen molar-refractivity contribution in [1.29, 1.82) is 0 Å². The lowest BCUT2D eigenvalue weighted by molar-refractivity contribution is 0.376. The Morgan fingerprint density at radius 1 is 1.45 bits per heavy atom. The number of hydrogen-bond donors (Lipinski definition) is 1. The van der Waals surface area contributed by atoms with E-state index in [1.807, 2.05) is 16.8 Å². The number of pyridine rings is 1. The van der Waals surface area contributed by atoms with Crippen LogP contribution in [0.1, 0.15) is 25.3 Å². The van der Waals surface area contributed by atoms with Gasteiger partial charge in [-0.15, -0.1) is 5.10 Å². The molecular formula is C15H23N5. The number of aromatic nitrogens is 3. The summed E-state index contributed by atoms with van der Waals surface area (Å²) in [7, 11) is 0. The molecule has 0 amide bonds. The molecule has 2 aromatic heterocycles. The van der Waals surface area contributed by atoms with Crippen molar-refractivity contribution in [3.63, 3.8) is 0 Å². The Morgan fingerprint density at radius 3 is 3.10 bits per heavy atom. The van der Waals surface area contributed by atoms with Crippen LogP contribution in [0.15, 0.2) is 18.3 Å². The molecule has 0 bridgehead atoms.